The van der Waals surface area contributed by atoms with E-state index in [0.29, 0.717) is 6.04 Å². The summed E-state index contributed by atoms with van der Waals surface area (Å²) >= 11 is 5.47. The van der Waals surface area contributed by atoms with Gasteiger partial charge in [-0.2, -0.15) is 0 Å². The van der Waals surface area contributed by atoms with Crippen molar-refractivity contribution in [3.8, 4) is 0 Å². The fraction of sp³-hybridized carbons (Fsp3) is 0.375. The van der Waals surface area contributed by atoms with E-state index in [1.165, 1.54) is 20.5 Å². The van der Waals surface area contributed by atoms with Gasteiger partial charge in [0.1, 0.15) is 0 Å². The van der Waals surface area contributed by atoms with Crippen LogP contribution >= 0.6 is 27.3 Å². The molecule has 1 aromatic heterocycles. The predicted molar refractivity (Wildman–Crippen MR) is 87.9 cm³/mol. The predicted octanol–water partition coefficient (Wildman–Crippen LogP) is 5.10. The molecule has 0 aliphatic carbocycles. The smallest absolute Gasteiger partial charge is 0.0369 e. The van der Waals surface area contributed by atoms with Gasteiger partial charge in [-0.15, -0.1) is 11.3 Å². The Morgan fingerprint density at radius 3 is 2.74 bits per heavy atom. The highest BCUT2D eigenvalue weighted by molar-refractivity contribution is 9.10. The molecule has 1 nitrogen and oxygen atoms in total. The molecular formula is C16H20BrNS. The second-order valence-electron chi connectivity index (χ2n) is 4.79. The highest BCUT2D eigenvalue weighted by Gasteiger charge is 2.14. The Morgan fingerprint density at radius 1 is 1.32 bits per heavy atom. The molecule has 0 radical (unpaired) electrons. The summed E-state index contributed by atoms with van der Waals surface area (Å²) in [5.41, 5.74) is 2.77. The number of thiophene rings is 1. The lowest BCUT2D eigenvalue weighted by Gasteiger charge is -2.18. The Kier molecular flexibility index (Phi) is 5.61. The highest BCUT2D eigenvalue weighted by atomic mass is 79.9. The number of halogens is 1. The molecule has 102 valence electrons. The quantitative estimate of drug-likeness (QED) is 0.772. The minimum Gasteiger partial charge on any atom is -0.310 e. The van der Waals surface area contributed by atoms with Crippen LogP contribution < -0.4 is 5.32 Å². The lowest BCUT2D eigenvalue weighted by molar-refractivity contribution is 0.530. The summed E-state index contributed by atoms with van der Waals surface area (Å²) < 4.78 is 1.20. The van der Waals surface area contributed by atoms with Crippen molar-refractivity contribution in [2.24, 2.45) is 0 Å². The summed E-state index contributed by atoms with van der Waals surface area (Å²) in [7, 11) is 0. The molecule has 0 aliphatic rings. The number of rotatable bonds is 6. The lowest BCUT2D eigenvalue weighted by Crippen LogP contribution is -2.23. The minimum absolute atomic E-state index is 0.406. The molecule has 1 N–H and O–H groups in total. The van der Waals surface area contributed by atoms with E-state index in [2.05, 4.69) is 70.8 Å². The van der Waals surface area contributed by atoms with E-state index in [1.54, 1.807) is 0 Å². The Labute approximate surface area is 128 Å². The van der Waals surface area contributed by atoms with Crippen molar-refractivity contribution < 1.29 is 0 Å². The average Bonchev–Trinajstić information content (AvgIpc) is 2.83. The van der Waals surface area contributed by atoms with Crippen LogP contribution in [0.25, 0.3) is 0 Å². The molecule has 1 atom stereocenters. The molecule has 0 aliphatic heterocycles. The van der Waals surface area contributed by atoms with Gasteiger partial charge in [-0.25, -0.2) is 0 Å². The molecule has 1 heterocycles. The molecule has 1 aromatic carbocycles. The number of hydrogen-bond donors (Lipinski definition) is 1. The summed E-state index contributed by atoms with van der Waals surface area (Å²) in [6.45, 7) is 5.44. The van der Waals surface area contributed by atoms with Crippen LogP contribution in [-0.2, 0) is 6.42 Å². The van der Waals surface area contributed by atoms with Crippen molar-refractivity contribution >= 4 is 27.3 Å². The van der Waals surface area contributed by atoms with Gasteiger partial charge in [0.2, 0.25) is 0 Å². The second-order valence-corrected chi connectivity index (χ2v) is 6.76. The van der Waals surface area contributed by atoms with Crippen molar-refractivity contribution in [1.29, 1.82) is 0 Å². The number of aryl methyl sites for hydroxylation is 1. The van der Waals surface area contributed by atoms with Gasteiger partial charge >= 0.3 is 0 Å². The van der Waals surface area contributed by atoms with Crippen LogP contribution in [0, 0.1) is 6.92 Å². The molecule has 0 fully saturated rings. The third-order valence-corrected chi connectivity index (χ3v) is 4.83. The molecule has 2 aromatic rings. The molecule has 0 spiro atoms. The highest BCUT2D eigenvalue weighted by Crippen LogP contribution is 2.26. The molecule has 0 saturated heterocycles. The number of benzene rings is 1. The molecule has 0 bridgehead atoms. The fourth-order valence-corrected chi connectivity index (χ4v) is 3.36. The maximum atomic E-state index is 3.66. The Hall–Kier alpha value is -0.640. The normalized spacial score (nSPS) is 12.6. The molecule has 2 rings (SSSR count). The van der Waals surface area contributed by atoms with Crippen LogP contribution in [0.1, 0.15) is 35.4 Å². The van der Waals surface area contributed by atoms with E-state index in [0.717, 1.165) is 19.4 Å². The van der Waals surface area contributed by atoms with Crippen molar-refractivity contribution in [3.63, 3.8) is 0 Å². The van der Waals surface area contributed by atoms with E-state index in [4.69, 9.17) is 0 Å². The first kappa shape index (κ1) is 14.8. The Bertz CT molecular complexity index is 521. The van der Waals surface area contributed by atoms with Crippen LogP contribution in [0.2, 0.25) is 0 Å². The van der Waals surface area contributed by atoms with E-state index in [1.807, 2.05) is 11.3 Å². The van der Waals surface area contributed by atoms with Crippen LogP contribution in [0.4, 0.5) is 0 Å². The van der Waals surface area contributed by atoms with Crippen molar-refractivity contribution in [2.75, 3.05) is 6.54 Å². The maximum absolute atomic E-state index is 3.66. The largest absolute Gasteiger partial charge is 0.310 e. The molecule has 3 heteroatoms. The molecule has 0 amide bonds. The zero-order valence-corrected chi connectivity index (χ0v) is 13.9. The van der Waals surface area contributed by atoms with Crippen molar-refractivity contribution in [2.45, 2.75) is 32.7 Å². The average molecular weight is 338 g/mol. The SMILES string of the molecule is CCCNC(Cc1ccccc1Br)c1csc(C)c1. The Morgan fingerprint density at radius 2 is 2.11 bits per heavy atom. The van der Waals surface area contributed by atoms with Crippen LogP contribution in [0.15, 0.2) is 40.2 Å². The van der Waals surface area contributed by atoms with E-state index in [-0.39, 0.29) is 0 Å². The van der Waals surface area contributed by atoms with Gasteiger partial charge in [-0.3, -0.25) is 0 Å². The molecule has 19 heavy (non-hydrogen) atoms. The van der Waals surface area contributed by atoms with E-state index >= 15 is 0 Å². The summed E-state index contributed by atoms with van der Waals surface area (Å²) in [5, 5.41) is 5.94. The van der Waals surface area contributed by atoms with Crippen LogP contribution in [0.3, 0.4) is 0 Å². The summed E-state index contributed by atoms with van der Waals surface area (Å²) in [6, 6.07) is 11.2. The van der Waals surface area contributed by atoms with Crippen molar-refractivity contribution in [3.05, 3.63) is 56.2 Å². The zero-order valence-electron chi connectivity index (χ0n) is 11.4. The standard InChI is InChI=1S/C16H20BrNS/c1-3-8-18-16(14-9-12(2)19-11-14)10-13-6-4-5-7-15(13)17/h4-7,9,11,16,18H,3,8,10H2,1-2H3. The zero-order chi connectivity index (χ0) is 13.7. The van der Waals surface area contributed by atoms with Gasteiger partial charge in [0.05, 0.1) is 0 Å². The van der Waals surface area contributed by atoms with Gasteiger partial charge in [0, 0.05) is 15.4 Å². The van der Waals surface area contributed by atoms with Gasteiger partial charge in [0.25, 0.3) is 0 Å². The summed E-state index contributed by atoms with van der Waals surface area (Å²) in [5.74, 6) is 0. The number of nitrogens with one attached hydrogen (secondary N) is 1. The number of hydrogen-bond acceptors (Lipinski definition) is 2. The maximum Gasteiger partial charge on any atom is 0.0369 e. The van der Waals surface area contributed by atoms with Crippen LogP contribution in [-0.4, -0.2) is 6.54 Å². The third-order valence-electron chi connectivity index (χ3n) is 3.18. The second kappa shape index (κ2) is 7.22. The first-order valence-corrected chi connectivity index (χ1v) is 8.39. The van der Waals surface area contributed by atoms with E-state index < -0.39 is 0 Å². The molecule has 1 unspecified atom stereocenters. The van der Waals surface area contributed by atoms with Gasteiger partial charge in [0.15, 0.2) is 0 Å². The van der Waals surface area contributed by atoms with E-state index in [9.17, 15) is 0 Å². The third kappa shape index (κ3) is 4.16. The minimum atomic E-state index is 0.406. The Balaban J connectivity index is 2.16. The topological polar surface area (TPSA) is 12.0 Å². The molecular weight excluding hydrogens is 318 g/mol. The first-order chi connectivity index (χ1) is 9.20. The van der Waals surface area contributed by atoms with Gasteiger partial charge in [-0.05, 0) is 54.9 Å². The summed E-state index contributed by atoms with van der Waals surface area (Å²) in [4.78, 5) is 1.38. The van der Waals surface area contributed by atoms with Gasteiger partial charge < -0.3 is 5.32 Å². The summed E-state index contributed by atoms with van der Waals surface area (Å²) in [6.07, 6.45) is 2.19. The lowest BCUT2D eigenvalue weighted by atomic mass is 10.0. The first-order valence-electron chi connectivity index (χ1n) is 6.72. The van der Waals surface area contributed by atoms with Gasteiger partial charge in [-0.1, -0.05) is 41.1 Å². The van der Waals surface area contributed by atoms with Crippen LogP contribution in [0.5, 0.6) is 0 Å². The fourth-order valence-electron chi connectivity index (χ4n) is 2.16. The molecule has 0 saturated carbocycles. The van der Waals surface area contributed by atoms with Crippen molar-refractivity contribution in [1.82, 2.24) is 5.32 Å². The monoisotopic (exact) mass is 337 g/mol.